The molecule has 1 saturated heterocycles. The summed E-state index contributed by atoms with van der Waals surface area (Å²) >= 11 is 0. The molecule has 162 valence electrons. The summed E-state index contributed by atoms with van der Waals surface area (Å²) in [5.74, 6) is -0.899. The van der Waals surface area contributed by atoms with Gasteiger partial charge in [-0.05, 0) is 55.3 Å². The highest BCUT2D eigenvalue weighted by molar-refractivity contribution is 6.46. The third-order valence-corrected chi connectivity index (χ3v) is 5.62. The van der Waals surface area contributed by atoms with Crippen LogP contribution in [0.1, 0.15) is 34.0 Å². The van der Waals surface area contributed by atoms with Gasteiger partial charge in [0, 0.05) is 11.8 Å². The zero-order valence-electron chi connectivity index (χ0n) is 18.2. The van der Waals surface area contributed by atoms with Gasteiger partial charge in [0.15, 0.2) is 0 Å². The van der Waals surface area contributed by atoms with Crippen molar-refractivity contribution in [2.45, 2.75) is 26.4 Å². The van der Waals surface area contributed by atoms with Crippen LogP contribution in [0, 0.1) is 13.8 Å². The Labute approximate surface area is 186 Å². The zero-order valence-corrected chi connectivity index (χ0v) is 18.2. The molecule has 1 aliphatic rings. The lowest BCUT2D eigenvalue weighted by atomic mass is 9.94. The number of aromatic nitrogens is 1. The minimum Gasteiger partial charge on any atom is -0.507 e. The molecule has 1 fully saturated rings. The molecule has 1 unspecified atom stereocenters. The summed E-state index contributed by atoms with van der Waals surface area (Å²) in [6.45, 7) is 3.96. The molecule has 1 atom stereocenters. The summed E-state index contributed by atoms with van der Waals surface area (Å²) in [6.07, 6.45) is 1.65. The molecule has 0 radical (unpaired) electrons. The van der Waals surface area contributed by atoms with Crippen molar-refractivity contribution in [1.29, 1.82) is 0 Å². The number of aliphatic hydroxyl groups is 1. The van der Waals surface area contributed by atoms with Gasteiger partial charge in [-0.2, -0.15) is 0 Å². The van der Waals surface area contributed by atoms with Gasteiger partial charge in [0.2, 0.25) is 0 Å². The lowest BCUT2D eigenvalue weighted by molar-refractivity contribution is -0.140. The summed E-state index contributed by atoms with van der Waals surface area (Å²) in [5.41, 5.74) is 3.75. The van der Waals surface area contributed by atoms with E-state index in [1.54, 1.807) is 43.6 Å². The summed E-state index contributed by atoms with van der Waals surface area (Å²) in [5, 5.41) is 11.2. The summed E-state index contributed by atoms with van der Waals surface area (Å²) in [7, 11) is 1.57. The smallest absolute Gasteiger partial charge is 0.296 e. The van der Waals surface area contributed by atoms with Crippen LogP contribution in [-0.4, -0.2) is 33.8 Å². The van der Waals surface area contributed by atoms with E-state index in [1.807, 2.05) is 44.2 Å². The second-order valence-electron chi connectivity index (χ2n) is 7.85. The zero-order chi connectivity index (χ0) is 22.8. The van der Waals surface area contributed by atoms with Crippen LogP contribution in [0.5, 0.6) is 5.75 Å². The van der Waals surface area contributed by atoms with E-state index in [0.29, 0.717) is 17.0 Å². The molecule has 0 aliphatic carbocycles. The SMILES string of the molecule is COc1ccc(/C(O)=C2/C(=O)C(=O)N(Cc3ccccn3)C2c2cccc(C)c2)cc1C. The van der Waals surface area contributed by atoms with E-state index in [1.165, 1.54) is 4.90 Å². The van der Waals surface area contributed by atoms with Crippen molar-refractivity contribution in [3.63, 3.8) is 0 Å². The fourth-order valence-corrected chi connectivity index (χ4v) is 4.08. The van der Waals surface area contributed by atoms with Crippen LogP contribution in [-0.2, 0) is 16.1 Å². The maximum atomic E-state index is 13.1. The number of rotatable bonds is 5. The molecule has 2 heterocycles. The van der Waals surface area contributed by atoms with Gasteiger partial charge in [-0.1, -0.05) is 35.9 Å². The van der Waals surface area contributed by atoms with Crippen molar-refractivity contribution in [2.75, 3.05) is 7.11 Å². The number of pyridine rings is 1. The predicted molar refractivity (Wildman–Crippen MR) is 121 cm³/mol. The Balaban J connectivity index is 1.87. The lowest BCUT2D eigenvalue weighted by Gasteiger charge is -2.25. The van der Waals surface area contributed by atoms with Gasteiger partial charge in [-0.3, -0.25) is 14.6 Å². The van der Waals surface area contributed by atoms with Crippen LogP contribution in [0.2, 0.25) is 0 Å². The van der Waals surface area contributed by atoms with Crippen LogP contribution in [0.15, 0.2) is 72.4 Å². The molecular weight excluding hydrogens is 404 g/mol. The lowest BCUT2D eigenvalue weighted by Crippen LogP contribution is -2.29. The number of amides is 1. The summed E-state index contributed by atoms with van der Waals surface area (Å²) in [6, 6.07) is 17.5. The number of ketones is 1. The molecule has 0 spiro atoms. The maximum absolute atomic E-state index is 13.1. The second-order valence-corrected chi connectivity index (χ2v) is 7.85. The third-order valence-electron chi connectivity index (χ3n) is 5.62. The van der Waals surface area contributed by atoms with Gasteiger partial charge in [-0.25, -0.2) is 0 Å². The fraction of sp³-hybridized carbons (Fsp3) is 0.192. The Bertz CT molecular complexity index is 1220. The van der Waals surface area contributed by atoms with Crippen LogP contribution in [0.25, 0.3) is 5.76 Å². The Kier molecular flexibility index (Phi) is 5.77. The first-order valence-electron chi connectivity index (χ1n) is 10.3. The van der Waals surface area contributed by atoms with Crippen molar-refractivity contribution in [3.8, 4) is 5.75 Å². The second kappa shape index (κ2) is 8.67. The standard InChI is InChI=1S/C26H24N2O4/c1-16-7-6-8-18(13-16)23-22(24(29)19-10-11-21(32-3)17(2)14-19)25(30)26(31)28(23)15-20-9-4-5-12-27-20/h4-14,23,29H,15H2,1-3H3/b24-22-. The number of aryl methyl sites for hydroxylation is 2. The van der Waals surface area contributed by atoms with Crippen molar-refractivity contribution in [2.24, 2.45) is 0 Å². The summed E-state index contributed by atoms with van der Waals surface area (Å²) < 4.78 is 5.30. The molecule has 3 aromatic rings. The number of methoxy groups -OCH3 is 1. The number of benzene rings is 2. The maximum Gasteiger partial charge on any atom is 0.296 e. The number of nitrogens with zero attached hydrogens (tertiary/aromatic N) is 2. The molecule has 32 heavy (non-hydrogen) atoms. The molecule has 0 bridgehead atoms. The Morgan fingerprint density at radius 2 is 1.88 bits per heavy atom. The predicted octanol–water partition coefficient (Wildman–Crippen LogP) is 4.33. The largest absolute Gasteiger partial charge is 0.507 e. The van der Waals surface area contributed by atoms with E-state index in [0.717, 1.165) is 16.7 Å². The van der Waals surface area contributed by atoms with Crippen molar-refractivity contribution in [1.82, 2.24) is 9.88 Å². The molecule has 4 rings (SSSR count). The van der Waals surface area contributed by atoms with Crippen molar-refractivity contribution >= 4 is 17.4 Å². The van der Waals surface area contributed by atoms with Crippen LogP contribution in [0.4, 0.5) is 0 Å². The van der Waals surface area contributed by atoms with Gasteiger partial charge in [0.05, 0.1) is 31.0 Å². The molecule has 1 N–H and O–H groups in total. The summed E-state index contributed by atoms with van der Waals surface area (Å²) in [4.78, 5) is 32.0. The Morgan fingerprint density at radius 1 is 1.06 bits per heavy atom. The van der Waals surface area contributed by atoms with Gasteiger partial charge >= 0.3 is 0 Å². The number of ether oxygens (including phenoxy) is 1. The molecule has 1 amide bonds. The Hall–Kier alpha value is -3.93. The van der Waals surface area contributed by atoms with Crippen LogP contribution < -0.4 is 4.74 Å². The normalized spacial score (nSPS) is 17.6. The number of hydrogen-bond donors (Lipinski definition) is 1. The first-order chi connectivity index (χ1) is 15.4. The number of Topliss-reactive ketones (excluding diaryl/α,β-unsaturated/α-hetero) is 1. The highest BCUT2D eigenvalue weighted by atomic mass is 16.5. The third kappa shape index (κ3) is 3.87. The van der Waals surface area contributed by atoms with Gasteiger partial charge in [-0.15, -0.1) is 0 Å². The first kappa shape index (κ1) is 21.3. The van der Waals surface area contributed by atoms with Gasteiger partial charge < -0.3 is 14.7 Å². The number of carbonyl (C=O) groups excluding carboxylic acids is 2. The highest BCUT2D eigenvalue weighted by Gasteiger charge is 2.46. The van der Waals surface area contributed by atoms with E-state index in [2.05, 4.69) is 4.98 Å². The molecule has 1 aromatic heterocycles. The monoisotopic (exact) mass is 428 g/mol. The topological polar surface area (TPSA) is 79.7 Å². The average Bonchev–Trinajstić information content (AvgIpc) is 3.04. The van der Waals surface area contributed by atoms with E-state index >= 15 is 0 Å². The average molecular weight is 428 g/mol. The van der Waals surface area contributed by atoms with E-state index in [-0.39, 0.29) is 17.9 Å². The van der Waals surface area contributed by atoms with Crippen molar-refractivity contribution < 1.29 is 19.4 Å². The minimum atomic E-state index is -0.723. The van der Waals surface area contributed by atoms with E-state index < -0.39 is 17.7 Å². The number of likely N-dealkylation sites (tertiary alicyclic amines) is 1. The van der Waals surface area contributed by atoms with Crippen molar-refractivity contribution in [3.05, 3.63) is 100 Å². The number of aliphatic hydroxyl groups excluding tert-OH is 1. The molecule has 1 aliphatic heterocycles. The molecule has 2 aromatic carbocycles. The number of hydrogen-bond acceptors (Lipinski definition) is 5. The molecule has 0 saturated carbocycles. The van der Waals surface area contributed by atoms with Gasteiger partial charge in [0.25, 0.3) is 11.7 Å². The van der Waals surface area contributed by atoms with Crippen LogP contribution >= 0.6 is 0 Å². The van der Waals surface area contributed by atoms with Crippen LogP contribution in [0.3, 0.4) is 0 Å². The molecular formula is C26H24N2O4. The molecule has 6 nitrogen and oxygen atoms in total. The number of carbonyl (C=O) groups is 2. The first-order valence-corrected chi connectivity index (χ1v) is 10.3. The fourth-order valence-electron chi connectivity index (χ4n) is 4.08. The minimum absolute atomic E-state index is 0.0705. The Morgan fingerprint density at radius 3 is 2.53 bits per heavy atom. The highest BCUT2D eigenvalue weighted by Crippen LogP contribution is 2.40. The molecule has 6 heteroatoms. The quantitative estimate of drug-likeness (QED) is 0.372. The van der Waals surface area contributed by atoms with Gasteiger partial charge in [0.1, 0.15) is 11.5 Å². The van der Waals surface area contributed by atoms with E-state index in [4.69, 9.17) is 4.74 Å². The van der Waals surface area contributed by atoms with E-state index in [9.17, 15) is 14.7 Å².